The van der Waals surface area contributed by atoms with Gasteiger partial charge in [0.25, 0.3) is 5.91 Å². The number of carbonyl (C=O) groups is 1. The second-order valence-corrected chi connectivity index (χ2v) is 5.16. The molecule has 8 heteroatoms. The van der Waals surface area contributed by atoms with E-state index in [1.165, 1.54) is 6.33 Å². The zero-order valence-corrected chi connectivity index (χ0v) is 13.4. The lowest BCUT2D eigenvalue weighted by Crippen LogP contribution is -2.26. The summed E-state index contributed by atoms with van der Waals surface area (Å²) in [5.41, 5.74) is 1.42. The van der Waals surface area contributed by atoms with Gasteiger partial charge < -0.3 is 16.0 Å². The number of anilines is 1. The van der Waals surface area contributed by atoms with Crippen LogP contribution in [-0.4, -0.2) is 34.1 Å². The number of carbonyl (C=O) groups excluding carboxylic acids is 1. The molecule has 2 aromatic rings. The van der Waals surface area contributed by atoms with Gasteiger partial charge in [0.15, 0.2) is 0 Å². The molecule has 0 aliphatic heterocycles. The Morgan fingerprint density at radius 2 is 2.19 bits per heavy atom. The van der Waals surface area contributed by atoms with Crippen molar-refractivity contribution in [1.29, 1.82) is 5.41 Å². The fourth-order valence-corrected chi connectivity index (χ4v) is 2.01. The van der Waals surface area contributed by atoms with E-state index in [1.54, 1.807) is 13.2 Å². The van der Waals surface area contributed by atoms with E-state index in [0.717, 1.165) is 15.5 Å². The molecule has 0 spiro atoms. The van der Waals surface area contributed by atoms with E-state index in [9.17, 15) is 4.79 Å². The van der Waals surface area contributed by atoms with Crippen LogP contribution in [0.2, 0.25) is 0 Å². The van der Waals surface area contributed by atoms with Crippen LogP contribution in [0.1, 0.15) is 21.6 Å². The molecule has 0 bridgehead atoms. The molecule has 0 aromatic carbocycles. The maximum atomic E-state index is 12.2. The molecule has 3 N–H and O–H groups in total. The van der Waals surface area contributed by atoms with Gasteiger partial charge in [-0.1, -0.05) is 6.07 Å². The van der Waals surface area contributed by atoms with Crippen LogP contribution in [0.3, 0.4) is 0 Å². The number of aromatic nitrogens is 3. The van der Waals surface area contributed by atoms with E-state index in [1.807, 2.05) is 12.1 Å². The summed E-state index contributed by atoms with van der Waals surface area (Å²) in [4.78, 5) is 24.3. The van der Waals surface area contributed by atoms with Crippen LogP contribution in [0.25, 0.3) is 0 Å². The molecule has 0 atom stereocenters. The largest absolute Gasteiger partial charge is 0.372 e. The summed E-state index contributed by atoms with van der Waals surface area (Å²) in [5, 5.41) is 13.0. The Kier molecular flexibility index (Phi) is 5.14. The predicted octanol–water partition coefficient (Wildman–Crippen LogP) is 1.45. The SMILES string of the molecule is CNc1ncnc(C(=O)NCc2ccc(I)nc2)c1C=N. The highest BCUT2D eigenvalue weighted by Crippen LogP contribution is 2.12. The van der Waals surface area contributed by atoms with Crippen molar-refractivity contribution in [1.82, 2.24) is 20.3 Å². The van der Waals surface area contributed by atoms with E-state index < -0.39 is 0 Å². The van der Waals surface area contributed by atoms with Gasteiger partial charge in [0.2, 0.25) is 0 Å². The number of halogens is 1. The molecule has 0 saturated heterocycles. The van der Waals surface area contributed by atoms with Gasteiger partial charge in [0.05, 0.1) is 5.56 Å². The van der Waals surface area contributed by atoms with Crippen molar-refractivity contribution >= 4 is 40.5 Å². The van der Waals surface area contributed by atoms with E-state index in [0.29, 0.717) is 17.9 Å². The van der Waals surface area contributed by atoms with Gasteiger partial charge in [0.1, 0.15) is 21.5 Å². The molecule has 0 aliphatic rings. The van der Waals surface area contributed by atoms with Crippen molar-refractivity contribution in [2.24, 2.45) is 0 Å². The number of rotatable bonds is 5. The molecule has 108 valence electrons. The van der Waals surface area contributed by atoms with Crippen molar-refractivity contribution in [2.75, 3.05) is 12.4 Å². The maximum Gasteiger partial charge on any atom is 0.271 e. The molecule has 7 nitrogen and oxygen atoms in total. The predicted molar refractivity (Wildman–Crippen MR) is 87.6 cm³/mol. The summed E-state index contributed by atoms with van der Waals surface area (Å²) < 4.78 is 0.892. The van der Waals surface area contributed by atoms with Crippen molar-refractivity contribution in [2.45, 2.75) is 6.54 Å². The number of hydrogen-bond acceptors (Lipinski definition) is 6. The molecule has 2 aromatic heterocycles. The van der Waals surface area contributed by atoms with Crippen molar-refractivity contribution in [3.63, 3.8) is 0 Å². The fraction of sp³-hybridized carbons (Fsp3) is 0.154. The highest BCUT2D eigenvalue weighted by atomic mass is 127. The standard InChI is InChI=1S/C13H13IN6O/c1-16-12-9(4-15)11(19-7-20-12)13(21)18-6-8-2-3-10(14)17-5-8/h2-5,7,15H,6H2,1H3,(H,18,21)(H,16,19,20). The molecule has 0 fully saturated rings. The molecule has 2 heterocycles. The monoisotopic (exact) mass is 396 g/mol. The van der Waals surface area contributed by atoms with E-state index in [2.05, 4.69) is 48.2 Å². The smallest absolute Gasteiger partial charge is 0.271 e. The molecular formula is C13H13IN6O. The first-order chi connectivity index (χ1) is 10.2. The van der Waals surface area contributed by atoms with Gasteiger partial charge in [-0.2, -0.15) is 0 Å². The van der Waals surface area contributed by atoms with Gasteiger partial charge in [-0.25, -0.2) is 15.0 Å². The Labute approximate surface area is 135 Å². The number of pyridine rings is 1. The van der Waals surface area contributed by atoms with Crippen LogP contribution in [-0.2, 0) is 6.54 Å². The van der Waals surface area contributed by atoms with Crippen molar-refractivity contribution in [3.8, 4) is 0 Å². The third-order valence-electron chi connectivity index (χ3n) is 2.72. The number of hydrogen-bond donors (Lipinski definition) is 3. The summed E-state index contributed by atoms with van der Waals surface area (Å²) in [6.45, 7) is 0.346. The lowest BCUT2D eigenvalue weighted by molar-refractivity contribution is 0.0945. The lowest BCUT2D eigenvalue weighted by Gasteiger charge is -2.09. The van der Waals surface area contributed by atoms with Gasteiger partial charge in [0, 0.05) is 26.0 Å². The first-order valence-corrected chi connectivity index (χ1v) is 7.15. The molecule has 0 unspecified atom stereocenters. The average molecular weight is 396 g/mol. The second-order valence-electron chi connectivity index (χ2n) is 4.05. The third kappa shape index (κ3) is 3.72. The summed E-state index contributed by atoms with van der Waals surface area (Å²) in [7, 11) is 1.67. The molecule has 0 aliphatic carbocycles. The van der Waals surface area contributed by atoms with Crippen LogP contribution in [0.15, 0.2) is 24.7 Å². The lowest BCUT2D eigenvalue weighted by atomic mass is 10.2. The van der Waals surface area contributed by atoms with Gasteiger partial charge in [-0.3, -0.25) is 4.79 Å². The van der Waals surface area contributed by atoms with E-state index in [-0.39, 0.29) is 11.6 Å². The van der Waals surface area contributed by atoms with Crippen molar-refractivity contribution in [3.05, 3.63) is 45.2 Å². The van der Waals surface area contributed by atoms with Gasteiger partial charge >= 0.3 is 0 Å². The molecule has 0 radical (unpaired) electrons. The van der Waals surface area contributed by atoms with Crippen LogP contribution >= 0.6 is 22.6 Å². The zero-order chi connectivity index (χ0) is 15.2. The highest BCUT2D eigenvalue weighted by Gasteiger charge is 2.15. The highest BCUT2D eigenvalue weighted by molar-refractivity contribution is 14.1. The van der Waals surface area contributed by atoms with Gasteiger partial charge in [-0.05, 0) is 34.2 Å². The minimum absolute atomic E-state index is 0.169. The zero-order valence-electron chi connectivity index (χ0n) is 11.2. The van der Waals surface area contributed by atoms with Crippen LogP contribution in [0.5, 0.6) is 0 Å². The normalized spacial score (nSPS) is 10.0. The molecule has 1 amide bonds. The number of nitrogens with zero attached hydrogens (tertiary/aromatic N) is 3. The fourth-order valence-electron chi connectivity index (χ4n) is 1.69. The first-order valence-electron chi connectivity index (χ1n) is 6.07. The average Bonchev–Trinajstić information content (AvgIpc) is 2.53. The molecule has 21 heavy (non-hydrogen) atoms. The van der Waals surface area contributed by atoms with Crippen LogP contribution < -0.4 is 10.6 Å². The van der Waals surface area contributed by atoms with E-state index in [4.69, 9.17) is 5.41 Å². The molecule has 2 rings (SSSR count). The third-order valence-corrected chi connectivity index (χ3v) is 3.36. The second kappa shape index (κ2) is 7.07. The Bertz CT molecular complexity index is 658. The summed E-state index contributed by atoms with van der Waals surface area (Å²) in [6, 6.07) is 3.76. The Morgan fingerprint density at radius 3 is 2.81 bits per heavy atom. The molecule has 0 saturated carbocycles. The van der Waals surface area contributed by atoms with Gasteiger partial charge in [-0.15, -0.1) is 0 Å². The number of amides is 1. The Morgan fingerprint density at radius 1 is 1.38 bits per heavy atom. The Balaban J connectivity index is 2.13. The molecular weight excluding hydrogens is 383 g/mol. The number of nitrogens with one attached hydrogen (secondary N) is 3. The topological polar surface area (TPSA) is 104 Å². The van der Waals surface area contributed by atoms with Crippen LogP contribution in [0.4, 0.5) is 5.82 Å². The minimum atomic E-state index is -0.356. The summed E-state index contributed by atoms with van der Waals surface area (Å²) in [6.07, 6.45) is 4.06. The Hall–Kier alpha value is -2.10. The van der Waals surface area contributed by atoms with Crippen molar-refractivity contribution < 1.29 is 4.79 Å². The summed E-state index contributed by atoms with van der Waals surface area (Å²) in [5.74, 6) is 0.0898. The maximum absolute atomic E-state index is 12.2. The quantitative estimate of drug-likeness (QED) is 0.403. The van der Waals surface area contributed by atoms with E-state index >= 15 is 0 Å². The van der Waals surface area contributed by atoms with Crippen LogP contribution in [0, 0.1) is 9.11 Å². The minimum Gasteiger partial charge on any atom is -0.372 e. The summed E-state index contributed by atoms with van der Waals surface area (Å²) >= 11 is 2.12. The first kappa shape index (κ1) is 15.3.